The Labute approximate surface area is 100 Å². The summed E-state index contributed by atoms with van der Waals surface area (Å²) in [5.74, 6) is -0.992. The Kier molecular flexibility index (Phi) is 5.37. The molecule has 1 rings (SSSR count). The van der Waals surface area contributed by atoms with Crippen LogP contribution in [0.3, 0.4) is 0 Å². The minimum Gasteiger partial charge on any atom is -0.480 e. The van der Waals surface area contributed by atoms with Gasteiger partial charge in [0.1, 0.15) is 12.6 Å². The summed E-state index contributed by atoms with van der Waals surface area (Å²) in [5, 5.41) is 8.75. The Morgan fingerprint density at radius 1 is 1.59 bits per heavy atom. The van der Waals surface area contributed by atoms with Gasteiger partial charge in [0.05, 0.1) is 13.2 Å². The van der Waals surface area contributed by atoms with Crippen molar-refractivity contribution in [3.8, 4) is 0 Å². The summed E-state index contributed by atoms with van der Waals surface area (Å²) in [4.78, 5) is 23.4. The van der Waals surface area contributed by atoms with Gasteiger partial charge in [0.25, 0.3) is 0 Å². The van der Waals surface area contributed by atoms with E-state index in [0.717, 1.165) is 13.0 Å². The van der Waals surface area contributed by atoms with Crippen molar-refractivity contribution in [1.82, 2.24) is 4.90 Å². The van der Waals surface area contributed by atoms with E-state index in [1.165, 1.54) is 18.9 Å². The molecule has 17 heavy (non-hydrogen) atoms. The van der Waals surface area contributed by atoms with Crippen LogP contribution in [0.25, 0.3) is 0 Å². The molecule has 0 aromatic carbocycles. The average molecular weight is 245 g/mol. The number of rotatable bonds is 6. The van der Waals surface area contributed by atoms with Crippen molar-refractivity contribution < 1.29 is 24.2 Å². The lowest BCUT2D eigenvalue weighted by Gasteiger charge is -2.21. The summed E-state index contributed by atoms with van der Waals surface area (Å²) in [6.07, 6.45) is 0.954. The largest absolute Gasteiger partial charge is 0.480 e. The van der Waals surface area contributed by atoms with Gasteiger partial charge >= 0.3 is 5.97 Å². The Hall–Kier alpha value is -1.14. The first-order valence-electron chi connectivity index (χ1n) is 5.66. The zero-order chi connectivity index (χ0) is 12.8. The molecule has 0 aromatic rings. The maximum absolute atomic E-state index is 11.6. The zero-order valence-electron chi connectivity index (χ0n) is 10.2. The topological polar surface area (TPSA) is 76.1 Å². The highest BCUT2D eigenvalue weighted by Crippen LogP contribution is 2.12. The number of nitrogens with zero attached hydrogens (tertiary/aromatic N) is 1. The zero-order valence-corrected chi connectivity index (χ0v) is 10.2. The molecular weight excluding hydrogens is 226 g/mol. The van der Waals surface area contributed by atoms with Crippen molar-refractivity contribution in [1.29, 1.82) is 0 Å². The van der Waals surface area contributed by atoms with E-state index >= 15 is 0 Å². The first-order valence-corrected chi connectivity index (χ1v) is 5.66. The van der Waals surface area contributed by atoms with E-state index in [1.807, 2.05) is 0 Å². The van der Waals surface area contributed by atoms with Crippen molar-refractivity contribution in [2.24, 2.45) is 5.92 Å². The first-order chi connectivity index (χ1) is 8.02. The van der Waals surface area contributed by atoms with Crippen molar-refractivity contribution in [2.45, 2.75) is 19.4 Å². The molecule has 1 saturated heterocycles. The highest BCUT2D eigenvalue weighted by molar-refractivity contribution is 5.83. The van der Waals surface area contributed by atoms with Crippen molar-refractivity contribution >= 4 is 11.9 Å². The number of aliphatic carboxylic acids is 1. The van der Waals surface area contributed by atoms with Gasteiger partial charge in [-0.25, -0.2) is 4.79 Å². The molecule has 0 aromatic heterocycles. The minimum absolute atomic E-state index is 0.0788. The van der Waals surface area contributed by atoms with Crippen LogP contribution in [0.4, 0.5) is 0 Å². The number of carboxylic acid groups (broad SMARTS) is 1. The number of carboxylic acids is 1. The number of hydrogen-bond acceptors (Lipinski definition) is 4. The molecule has 1 aliphatic rings. The second-order valence-electron chi connectivity index (χ2n) is 4.26. The van der Waals surface area contributed by atoms with Crippen LogP contribution >= 0.6 is 0 Å². The standard InChI is InChI=1S/C11H19NO5/c1-8(11(14)15)12(2)10(13)7-17-6-9-3-4-16-5-9/h8-9H,3-7H2,1-2H3,(H,14,15)/t8-,9+/m1/s1. The van der Waals surface area contributed by atoms with Gasteiger partial charge in [-0.2, -0.15) is 0 Å². The molecule has 1 aliphatic heterocycles. The van der Waals surface area contributed by atoms with Crippen molar-refractivity contribution in [3.63, 3.8) is 0 Å². The van der Waals surface area contributed by atoms with E-state index in [-0.39, 0.29) is 12.5 Å². The molecular formula is C11H19NO5. The smallest absolute Gasteiger partial charge is 0.326 e. The van der Waals surface area contributed by atoms with E-state index < -0.39 is 12.0 Å². The van der Waals surface area contributed by atoms with Gasteiger partial charge in [-0.15, -0.1) is 0 Å². The quantitative estimate of drug-likeness (QED) is 0.711. The summed E-state index contributed by atoms with van der Waals surface area (Å²) in [6.45, 7) is 3.30. The second-order valence-corrected chi connectivity index (χ2v) is 4.26. The molecule has 1 heterocycles. The van der Waals surface area contributed by atoms with Gasteiger partial charge in [0, 0.05) is 19.6 Å². The minimum atomic E-state index is -1.02. The van der Waals surface area contributed by atoms with Crippen LogP contribution in [0.5, 0.6) is 0 Å². The van der Waals surface area contributed by atoms with Gasteiger partial charge in [-0.1, -0.05) is 0 Å². The molecule has 1 N–H and O–H groups in total. The summed E-state index contributed by atoms with van der Waals surface area (Å²) >= 11 is 0. The van der Waals surface area contributed by atoms with E-state index in [4.69, 9.17) is 14.6 Å². The van der Waals surface area contributed by atoms with Crippen LogP contribution < -0.4 is 0 Å². The van der Waals surface area contributed by atoms with Crippen LogP contribution in [-0.4, -0.2) is 61.4 Å². The molecule has 2 atom stereocenters. The molecule has 0 saturated carbocycles. The fourth-order valence-corrected chi connectivity index (χ4v) is 1.51. The normalized spacial score (nSPS) is 21.2. The SMILES string of the molecule is C[C@H](C(=O)O)N(C)C(=O)COC[C@H]1CCOC1. The molecule has 98 valence electrons. The Morgan fingerprint density at radius 3 is 2.82 bits per heavy atom. The van der Waals surface area contributed by atoms with Crippen LogP contribution in [0.15, 0.2) is 0 Å². The number of carbonyl (C=O) groups excluding carboxylic acids is 1. The van der Waals surface area contributed by atoms with E-state index in [2.05, 4.69) is 0 Å². The molecule has 0 aliphatic carbocycles. The van der Waals surface area contributed by atoms with Crippen molar-refractivity contribution in [3.05, 3.63) is 0 Å². The lowest BCUT2D eigenvalue weighted by molar-refractivity contribution is -0.150. The third kappa shape index (κ3) is 4.32. The fourth-order valence-electron chi connectivity index (χ4n) is 1.51. The lowest BCUT2D eigenvalue weighted by atomic mass is 10.1. The number of likely N-dealkylation sites (N-methyl/N-ethyl adjacent to an activating group) is 1. The van der Waals surface area contributed by atoms with Gasteiger partial charge in [0.15, 0.2) is 0 Å². The van der Waals surface area contributed by atoms with E-state index in [0.29, 0.717) is 19.1 Å². The molecule has 6 heteroatoms. The molecule has 0 radical (unpaired) electrons. The number of carbonyl (C=O) groups is 2. The summed E-state index contributed by atoms with van der Waals surface area (Å²) < 4.78 is 10.4. The molecule has 0 unspecified atom stereocenters. The van der Waals surface area contributed by atoms with Gasteiger partial charge in [-0.3, -0.25) is 4.79 Å². The van der Waals surface area contributed by atoms with E-state index in [9.17, 15) is 9.59 Å². The number of amides is 1. The van der Waals surface area contributed by atoms with Crippen LogP contribution in [-0.2, 0) is 19.1 Å². The molecule has 1 amide bonds. The first kappa shape index (κ1) is 13.9. The van der Waals surface area contributed by atoms with E-state index in [1.54, 1.807) is 0 Å². The fraction of sp³-hybridized carbons (Fsp3) is 0.818. The third-order valence-electron chi connectivity index (χ3n) is 2.93. The Morgan fingerprint density at radius 2 is 2.29 bits per heavy atom. The third-order valence-corrected chi connectivity index (χ3v) is 2.93. The molecule has 1 fully saturated rings. The summed E-state index contributed by atoms with van der Waals surface area (Å²) in [5.41, 5.74) is 0. The average Bonchev–Trinajstić information content (AvgIpc) is 2.79. The van der Waals surface area contributed by atoms with Gasteiger partial charge in [-0.05, 0) is 13.3 Å². The summed E-state index contributed by atoms with van der Waals surface area (Å²) in [7, 11) is 1.46. The highest BCUT2D eigenvalue weighted by atomic mass is 16.5. The Bertz CT molecular complexity index is 275. The van der Waals surface area contributed by atoms with Gasteiger partial charge < -0.3 is 19.5 Å². The van der Waals surface area contributed by atoms with Crippen molar-refractivity contribution in [2.75, 3.05) is 33.5 Å². The Balaban J connectivity index is 2.21. The predicted molar refractivity (Wildman–Crippen MR) is 59.6 cm³/mol. The summed E-state index contributed by atoms with van der Waals surface area (Å²) in [6, 6.07) is -0.832. The highest BCUT2D eigenvalue weighted by Gasteiger charge is 2.22. The number of hydrogen-bond donors (Lipinski definition) is 1. The maximum Gasteiger partial charge on any atom is 0.326 e. The van der Waals surface area contributed by atoms with Gasteiger partial charge in [0.2, 0.25) is 5.91 Å². The maximum atomic E-state index is 11.6. The number of ether oxygens (including phenoxy) is 2. The second kappa shape index (κ2) is 6.56. The monoisotopic (exact) mass is 245 g/mol. The molecule has 0 bridgehead atoms. The molecule has 0 spiro atoms. The van der Waals surface area contributed by atoms with Crippen LogP contribution in [0.1, 0.15) is 13.3 Å². The molecule has 6 nitrogen and oxygen atoms in total. The predicted octanol–water partition coefficient (Wildman–Crippen LogP) is -0.0290. The lowest BCUT2D eigenvalue weighted by Crippen LogP contribution is -2.42. The van der Waals surface area contributed by atoms with Crippen LogP contribution in [0.2, 0.25) is 0 Å². The van der Waals surface area contributed by atoms with Crippen LogP contribution in [0, 0.1) is 5.92 Å².